The number of carboxylic acids is 1. The third-order valence-electron chi connectivity index (χ3n) is 2.84. The lowest BCUT2D eigenvalue weighted by Crippen LogP contribution is -2.55. The van der Waals surface area contributed by atoms with Crippen LogP contribution in [0.1, 0.15) is 5.56 Å². The molecule has 1 unspecified atom stereocenters. The van der Waals surface area contributed by atoms with Gasteiger partial charge in [0.1, 0.15) is 6.04 Å². The average molecular weight is 231 g/mol. The molecule has 0 aliphatic carbocycles. The summed E-state index contributed by atoms with van der Waals surface area (Å²) in [5, 5.41) is 21.0. The number of hydrogen-bond donors (Lipinski definition) is 2. The molecule has 0 radical (unpaired) electrons. The van der Waals surface area contributed by atoms with Crippen LogP contribution in [0.15, 0.2) is 24.3 Å². The number of rotatable bonds is 2. The Bertz CT molecular complexity index is 467. The quantitative estimate of drug-likeness (QED) is 0.771. The van der Waals surface area contributed by atoms with Gasteiger partial charge in [-0.2, -0.15) is 5.26 Å². The Kier molecular flexibility index (Phi) is 3.26. The fourth-order valence-corrected chi connectivity index (χ4v) is 1.99. The first-order chi connectivity index (χ1) is 8.22. The fourth-order valence-electron chi connectivity index (χ4n) is 1.99. The standard InChI is InChI=1S/C12H13N3O2/c13-7-9-2-1-3-10(6-9)15-5-4-14-8-11(15)12(16)17/h1-3,6,11,14H,4-5,8H2,(H,16,17). The van der Waals surface area contributed by atoms with Gasteiger partial charge in [-0.25, -0.2) is 4.79 Å². The number of nitriles is 1. The molecule has 5 nitrogen and oxygen atoms in total. The third-order valence-corrected chi connectivity index (χ3v) is 2.84. The van der Waals surface area contributed by atoms with E-state index in [0.29, 0.717) is 18.7 Å². The zero-order valence-corrected chi connectivity index (χ0v) is 9.26. The van der Waals surface area contributed by atoms with Crippen LogP contribution < -0.4 is 10.2 Å². The molecule has 1 aliphatic rings. The lowest BCUT2D eigenvalue weighted by atomic mass is 10.1. The van der Waals surface area contributed by atoms with E-state index in [4.69, 9.17) is 10.4 Å². The van der Waals surface area contributed by atoms with Gasteiger partial charge >= 0.3 is 5.97 Å². The summed E-state index contributed by atoms with van der Waals surface area (Å²) in [6.45, 7) is 1.80. The first kappa shape index (κ1) is 11.4. The number of carboxylic acid groups (broad SMARTS) is 1. The molecule has 5 heteroatoms. The Morgan fingerprint density at radius 1 is 1.59 bits per heavy atom. The molecule has 0 saturated carbocycles. The topological polar surface area (TPSA) is 76.4 Å². The van der Waals surface area contributed by atoms with E-state index in [9.17, 15) is 4.79 Å². The van der Waals surface area contributed by atoms with E-state index in [1.54, 1.807) is 18.2 Å². The summed E-state index contributed by atoms with van der Waals surface area (Å²) in [5.41, 5.74) is 1.34. The van der Waals surface area contributed by atoms with Crippen molar-refractivity contribution in [2.24, 2.45) is 0 Å². The molecular formula is C12H13N3O2. The molecule has 2 rings (SSSR count). The minimum atomic E-state index is -0.848. The van der Waals surface area contributed by atoms with Crippen LogP contribution in [-0.2, 0) is 4.79 Å². The third kappa shape index (κ3) is 2.37. The number of benzene rings is 1. The molecule has 17 heavy (non-hydrogen) atoms. The van der Waals surface area contributed by atoms with Crippen LogP contribution in [0.25, 0.3) is 0 Å². The second kappa shape index (κ2) is 4.85. The normalized spacial score (nSPS) is 19.7. The van der Waals surface area contributed by atoms with Crippen LogP contribution in [0.2, 0.25) is 0 Å². The molecule has 0 aromatic heterocycles. The van der Waals surface area contributed by atoms with Crippen molar-refractivity contribution in [3.05, 3.63) is 29.8 Å². The number of nitrogens with zero attached hydrogens (tertiary/aromatic N) is 2. The minimum absolute atomic E-state index is 0.423. The van der Waals surface area contributed by atoms with Crippen molar-refractivity contribution < 1.29 is 9.90 Å². The van der Waals surface area contributed by atoms with E-state index in [2.05, 4.69) is 11.4 Å². The first-order valence-electron chi connectivity index (χ1n) is 5.42. The van der Waals surface area contributed by atoms with Crippen LogP contribution in [0.5, 0.6) is 0 Å². The van der Waals surface area contributed by atoms with Gasteiger partial charge < -0.3 is 15.3 Å². The predicted molar refractivity (Wildman–Crippen MR) is 62.8 cm³/mol. The molecule has 88 valence electrons. The number of carbonyl (C=O) groups is 1. The van der Waals surface area contributed by atoms with Crippen molar-refractivity contribution >= 4 is 11.7 Å². The lowest BCUT2D eigenvalue weighted by Gasteiger charge is -2.35. The summed E-state index contributed by atoms with van der Waals surface area (Å²) < 4.78 is 0. The van der Waals surface area contributed by atoms with Gasteiger partial charge in [-0.3, -0.25) is 0 Å². The largest absolute Gasteiger partial charge is 0.480 e. The summed E-state index contributed by atoms with van der Waals surface area (Å²) >= 11 is 0. The van der Waals surface area contributed by atoms with Crippen molar-refractivity contribution in [3.8, 4) is 6.07 Å². The second-order valence-corrected chi connectivity index (χ2v) is 3.91. The zero-order chi connectivity index (χ0) is 12.3. The fraction of sp³-hybridized carbons (Fsp3) is 0.333. The highest BCUT2D eigenvalue weighted by atomic mass is 16.4. The average Bonchev–Trinajstić information content (AvgIpc) is 2.39. The van der Waals surface area contributed by atoms with E-state index >= 15 is 0 Å². The molecule has 0 bridgehead atoms. The highest BCUT2D eigenvalue weighted by molar-refractivity contribution is 5.79. The molecule has 1 aromatic rings. The van der Waals surface area contributed by atoms with Gasteiger partial charge in [0.05, 0.1) is 11.6 Å². The number of hydrogen-bond acceptors (Lipinski definition) is 4. The molecule has 0 spiro atoms. The zero-order valence-electron chi connectivity index (χ0n) is 9.26. The van der Waals surface area contributed by atoms with Gasteiger partial charge in [-0.05, 0) is 18.2 Å². The maximum absolute atomic E-state index is 11.1. The number of nitrogens with one attached hydrogen (secondary N) is 1. The van der Waals surface area contributed by atoms with Gasteiger partial charge in [0.15, 0.2) is 0 Å². The number of aliphatic carboxylic acids is 1. The Labute approximate surface area is 99.3 Å². The van der Waals surface area contributed by atoms with Gasteiger partial charge in [-0.15, -0.1) is 0 Å². The highest BCUT2D eigenvalue weighted by Gasteiger charge is 2.28. The lowest BCUT2D eigenvalue weighted by molar-refractivity contribution is -0.138. The van der Waals surface area contributed by atoms with Crippen LogP contribution in [0.3, 0.4) is 0 Å². The predicted octanol–water partition coefficient (Wildman–Crippen LogP) is 0.421. The van der Waals surface area contributed by atoms with E-state index < -0.39 is 12.0 Å². The van der Waals surface area contributed by atoms with Crippen LogP contribution in [0, 0.1) is 11.3 Å². The monoisotopic (exact) mass is 231 g/mol. The summed E-state index contributed by atoms with van der Waals surface area (Å²) in [6, 6.07) is 8.53. The van der Waals surface area contributed by atoms with Crippen molar-refractivity contribution in [3.63, 3.8) is 0 Å². The molecule has 1 aliphatic heterocycles. The molecule has 1 heterocycles. The molecule has 1 saturated heterocycles. The van der Waals surface area contributed by atoms with E-state index in [1.807, 2.05) is 11.0 Å². The van der Waals surface area contributed by atoms with Crippen LogP contribution in [-0.4, -0.2) is 36.8 Å². The molecule has 0 amide bonds. The Hall–Kier alpha value is -2.06. The minimum Gasteiger partial charge on any atom is -0.480 e. The molecular weight excluding hydrogens is 218 g/mol. The van der Waals surface area contributed by atoms with Gasteiger partial charge in [0.2, 0.25) is 0 Å². The molecule has 1 fully saturated rings. The van der Waals surface area contributed by atoms with E-state index in [-0.39, 0.29) is 0 Å². The Balaban J connectivity index is 2.29. The van der Waals surface area contributed by atoms with Crippen LogP contribution >= 0.6 is 0 Å². The maximum atomic E-state index is 11.1. The smallest absolute Gasteiger partial charge is 0.327 e. The van der Waals surface area contributed by atoms with Gasteiger partial charge in [0.25, 0.3) is 0 Å². The molecule has 1 atom stereocenters. The Morgan fingerprint density at radius 3 is 3.12 bits per heavy atom. The van der Waals surface area contributed by atoms with Gasteiger partial charge in [0, 0.05) is 25.3 Å². The molecule has 2 N–H and O–H groups in total. The van der Waals surface area contributed by atoms with Gasteiger partial charge in [-0.1, -0.05) is 6.07 Å². The highest BCUT2D eigenvalue weighted by Crippen LogP contribution is 2.19. The van der Waals surface area contributed by atoms with E-state index in [1.165, 1.54) is 0 Å². The number of anilines is 1. The maximum Gasteiger partial charge on any atom is 0.327 e. The summed E-state index contributed by atoms with van der Waals surface area (Å²) in [5.74, 6) is -0.848. The van der Waals surface area contributed by atoms with Crippen molar-refractivity contribution in [2.45, 2.75) is 6.04 Å². The number of piperazine rings is 1. The molecule has 1 aromatic carbocycles. The van der Waals surface area contributed by atoms with Crippen LogP contribution in [0.4, 0.5) is 5.69 Å². The summed E-state index contributed by atoms with van der Waals surface area (Å²) in [4.78, 5) is 13.0. The second-order valence-electron chi connectivity index (χ2n) is 3.91. The first-order valence-corrected chi connectivity index (χ1v) is 5.42. The SMILES string of the molecule is N#Cc1cccc(N2CCNCC2C(=O)O)c1. The summed E-state index contributed by atoms with van der Waals surface area (Å²) in [6.07, 6.45) is 0. The van der Waals surface area contributed by atoms with Crippen molar-refractivity contribution in [2.75, 3.05) is 24.5 Å². The van der Waals surface area contributed by atoms with E-state index in [0.717, 1.165) is 12.2 Å². The van der Waals surface area contributed by atoms with Crippen molar-refractivity contribution in [1.82, 2.24) is 5.32 Å². The Morgan fingerprint density at radius 2 is 2.41 bits per heavy atom. The summed E-state index contributed by atoms with van der Waals surface area (Å²) in [7, 11) is 0. The van der Waals surface area contributed by atoms with Crippen molar-refractivity contribution in [1.29, 1.82) is 5.26 Å².